The molecule has 0 saturated heterocycles. The number of aliphatic hydroxyl groups is 1. The van der Waals surface area contributed by atoms with Crippen molar-refractivity contribution in [2.75, 3.05) is 13.2 Å². The van der Waals surface area contributed by atoms with E-state index in [9.17, 15) is 33.9 Å². The number of hydrogen-bond acceptors (Lipinski definition) is 14. The Morgan fingerprint density at radius 1 is 0.875 bits per heavy atom. The minimum Gasteiger partial charge on any atom is -0.461 e. The van der Waals surface area contributed by atoms with Gasteiger partial charge < -0.3 is 38.3 Å². The van der Waals surface area contributed by atoms with E-state index in [0.717, 1.165) is 0 Å². The third kappa shape index (κ3) is 11.6. The lowest BCUT2D eigenvalue weighted by molar-refractivity contribution is -0.220. The summed E-state index contributed by atoms with van der Waals surface area (Å²) in [6, 6.07) is 0. The van der Waals surface area contributed by atoms with E-state index in [-0.39, 0.29) is 42.4 Å². The van der Waals surface area contributed by atoms with Gasteiger partial charge in [0.1, 0.15) is 18.8 Å². The van der Waals surface area contributed by atoms with Crippen LogP contribution in [-0.4, -0.2) is 83.8 Å². The Morgan fingerprint density at radius 2 is 1.48 bits per heavy atom. The van der Waals surface area contributed by atoms with Crippen molar-refractivity contribution < 1.29 is 67.0 Å². The largest absolute Gasteiger partial charge is 0.461 e. The Bertz CT molecular complexity index is 1280. The van der Waals surface area contributed by atoms with Crippen LogP contribution in [0.5, 0.6) is 0 Å². The van der Waals surface area contributed by atoms with E-state index in [0.29, 0.717) is 0 Å². The molecule has 14 nitrogen and oxygen atoms in total. The molecule has 0 saturated carbocycles. The van der Waals surface area contributed by atoms with Crippen molar-refractivity contribution in [3.63, 3.8) is 0 Å². The normalized spacial score (nSPS) is 22.5. The quantitative estimate of drug-likeness (QED) is 0.184. The predicted molar refractivity (Wildman–Crippen MR) is 167 cm³/mol. The summed E-state index contributed by atoms with van der Waals surface area (Å²) in [5.74, 6) is -6.24. The highest BCUT2D eigenvalue weighted by atomic mass is 16.7. The van der Waals surface area contributed by atoms with Crippen LogP contribution in [0.25, 0.3) is 0 Å². The minimum absolute atomic E-state index is 0.0184. The molecule has 1 unspecified atom stereocenters. The van der Waals surface area contributed by atoms with Gasteiger partial charge in [-0.1, -0.05) is 41.5 Å². The van der Waals surface area contributed by atoms with Crippen LogP contribution in [0.15, 0.2) is 23.5 Å². The molecule has 0 amide bonds. The van der Waals surface area contributed by atoms with Gasteiger partial charge in [0.25, 0.3) is 6.29 Å². The molecular formula is C34H50O14. The lowest BCUT2D eigenvalue weighted by Gasteiger charge is -2.40. The van der Waals surface area contributed by atoms with Gasteiger partial charge in [-0.05, 0) is 37.3 Å². The Morgan fingerprint density at radius 3 is 2.02 bits per heavy atom. The molecule has 0 aromatic carbocycles. The number of ether oxygens (including phenoxy) is 7. The first kappa shape index (κ1) is 40.2. The van der Waals surface area contributed by atoms with Gasteiger partial charge in [-0.2, -0.15) is 0 Å². The summed E-state index contributed by atoms with van der Waals surface area (Å²) in [4.78, 5) is 74.9. The molecule has 1 aliphatic heterocycles. The third-order valence-electron chi connectivity index (χ3n) is 7.30. The highest BCUT2D eigenvalue weighted by Gasteiger charge is 2.60. The molecule has 2 aliphatic rings. The molecule has 270 valence electrons. The number of fused-ring (bicyclic) bond motifs is 1. The van der Waals surface area contributed by atoms with Crippen molar-refractivity contribution in [3.8, 4) is 0 Å². The maximum absolute atomic E-state index is 13.3. The number of carbonyl (C=O) groups is 6. The van der Waals surface area contributed by atoms with E-state index in [1.165, 1.54) is 40.0 Å². The van der Waals surface area contributed by atoms with Crippen LogP contribution < -0.4 is 0 Å². The maximum atomic E-state index is 13.3. The van der Waals surface area contributed by atoms with Crippen LogP contribution in [0, 0.1) is 23.7 Å². The molecule has 0 radical (unpaired) electrons. The fourth-order valence-electron chi connectivity index (χ4n) is 5.26. The summed E-state index contributed by atoms with van der Waals surface area (Å²) < 4.78 is 38.4. The molecule has 14 heteroatoms. The lowest BCUT2D eigenvalue weighted by Crippen LogP contribution is -2.56. The van der Waals surface area contributed by atoms with E-state index < -0.39 is 90.4 Å². The van der Waals surface area contributed by atoms with Gasteiger partial charge >= 0.3 is 35.8 Å². The molecule has 0 aromatic heterocycles. The van der Waals surface area contributed by atoms with Gasteiger partial charge in [0, 0.05) is 38.2 Å². The zero-order valence-corrected chi connectivity index (χ0v) is 29.5. The molecule has 48 heavy (non-hydrogen) atoms. The summed E-state index contributed by atoms with van der Waals surface area (Å²) in [6.07, 6.45) is -2.06. The van der Waals surface area contributed by atoms with E-state index in [1.54, 1.807) is 13.8 Å². The Kier molecular flexibility index (Phi) is 14.2. The molecular weight excluding hydrogens is 632 g/mol. The minimum atomic E-state index is -2.31. The van der Waals surface area contributed by atoms with Crippen LogP contribution >= 0.6 is 0 Å². The van der Waals surface area contributed by atoms with Crippen molar-refractivity contribution in [1.82, 2.24) is 0 Å². The molecule has 1 aliphatic carbocycles. The van der Waals surface area contributed by atoms with Gasteiger partial charge in [-0.3, -0.25) is 24.0 Å². The van der Waals surface area contributed by atoms with Crippen LogP contribution in [0.2, 0.25) is 0 Å². The summed E-state index contributed by atoms with van der Waals surface area (Å²) in [7, 11) is 0. The maximum Gasteiger partial charge on any atom is 0.347 e. The highest BCUT2D eigenvalue weighted by Crippen LogP contribution is 2.47. The van der Waals surface area contributed by atoms with E-state index in [1.807, 2.05) is 27.7 Å². The monoisotopic (exact) mass is 682 g/mol. The summed E-state index contributed by atoms with van der Waals surface area (Å²) in [5.41, 5.74) is -3.06. The van der Waals surface area contributed by atoms with Crippen LogP contribution in [0.3, 0.4) is 0 Å². The SMILES string of the molecule is CC(=O)OCC1=CO[C@@H](OC(=O)CC(C)C)[C@H]2C1=C[C@H](OC(=O)CC(C)(C)OC(C)=O)[C@]2(O)COC(=O)C(OC(=O)CC(C)C)C(C)C. The Balaban J connectivity index is 2.53. The average Bonchev–Trinajstić information content (AvgIpc) is 3.19. The second-order valence-corrected chi connectivity index (χ2v) is 13.9. The molecule has 1 N–H and O–H groups in total. The van der Waals surface area contributed by atoms with Crippen LogP contribution in [-0.2, 0) is 61.9 Å². The van der Waals surface area contributed by atoms with Crippen molar-refractivity contribution in [2.24, 2.45) is 23.7 Å². The van der Waals surface area contributed by atoms with Crippen molar-refractivity contribution in [2.45, 2.75) is 118 Å². The molecule has 0 fully saturated rings. The standard InChI is InChI=1S/C34H50O14/c1-18(2)11-26(37)46-30(20(5)6)31(40)44-17-34(41)25(45-28(39)14-33(9,10)48-22(8)36)13-24-23(15-42-21(7)35)16-43-32(29(24)34)47-27(38)12-19(3)4/h13,16,18-20,25,29-30,32,41H,11-12,14-15,17H2,1-10H3/t25-,29+,30?,32-,34+/m0/s1. The Hall–Kier alpha value is -3.94. The predicted octanol–water partition coefficient (Wildman–Crippen LogP) is 3.47. The summed E-state index contributed by atoms with van der Waals surface area (Å²) in [5, 5.41) is 12.4. The van der Waals surface area contributed by atoms with Gasteiger partial charge in [0.2, 0.25) is 6.10 Å². The van der Waals surface area contributed by atoms with Gasteiger partial charge in [0.05, 0.1) is 18.6 Å². The smallest absolute Gasteiger partial charge is 0.347 e. The fourth-order valence-corrected chi connectivity index (χ4v) is 5.26. The van der Waals surface area contributed by atoms with Crippen molar-refractivity contribution in [1.29, 1.82) is 0 Å². The van der Waals surface area contributed by atoms with Crippen LogP contribution in [0.1, 0.15) is 88.5 Å². The topological polar surface area (TPSA) is 187 Å². The van der Waals surface area contributed by atoms with E-state index in [2.05, 4.69) is 0 Å². The molecule has 0 bridgehead atoms. The summed E-state index contributed by atoms with van der Waals surface area (Å²) >= 11 is 0. The number of rotatable bonds is 16. The average molecular weight is 683 g/mol. The number of esters is 6. The molecule has 1 heterocycles. The van der Waals surface area contributed by atoms with Gasteiger partial charge in [0.15, 0.2) is 11.7 Å². The Labute approximate surface area is 281 Å². The van der Waals surface area contributed by atoms with Gasteiger partial charge in [-0.25, -0.2) is 4.79 Å². The van der Waals surface area contributed by atoms with Crippen molar-refractivity contribution >= 4 is 35.8 Å². The van der Waals surface area contributed by atoms with E-state index in [4.69, 9.17) is 33.2 Å². The van der Waals surface area contributed by atoms with Crippen LogP contribution in [0.4, 0.5) is 0 Å². The van der Waals surface area contributed by atoms with Gasteiger partial charge in [-0.15, -0.1) is 0 Å². The molecule has 2 rings (SSSR count). The molecule has 0 aromatic rings. The number of hydrogen-bond donors (Lipinski definition) is 1. The van der Waals surface area contributed by atoms with Crippen molar-refractivity contribution in [3.05, 3.63) is 23.5 Å². The summed E-state index contributed by atoms with van der Waals surface area (Å²) in [6.45, 7) is 14.8. The lowest BCUT2D eigenvalue weighted by atomic mass is 9.82. The fraction of sp³-hybridized carbons (Fsp3) is 0.706. The second kappa shape index (κ2) is 16.9. The molecule has 0 spiro atoms. The number of carbonyl (C=O) groups excluding carboxylic acids is 6. The first-order valence-corrected chi connectivity index (χ1v) is 16.0. The van der Waals surface area contributed by atoms with E-state index >= 15 is 0 Å². The third-order valence-corrected chi connectivity index (χ3v) is 7.30. The zero-order chi connectivity index (χ0) is 36.6. The first-order chi connectivity index (χ1) is 22.1. The highest BCUT2D eigenvalue weighted by molar-refractivity contribution is 5.80. The first-order valence-electron chi connectivity index (χ1n) is 16.0. The second-order valence-electron chi connectivity index (χ2n) is 13.9. The molecule has 5 atom stereocenters. The zero-order valence-electron chi connectivity index (χ0n) is 29.5.